The molecule has 1 aliphatic rings. The van der Waals surface area contributed by atoms with Crippen LogP contribution in [-0.4, -0.2) is 16.9 Å². The number of hydrogen-bond donors (Lipinski definition) is 3. The van der Waals surface area contributed by atoms with Crippen LogP contribution in [0.1, 0.15) is 45.5 Å². The van der Waals surface area contributed by atoms with E-state index in [1.165, 1.54) is 17.4 Å². The number of primary amides is 1. The molecule has 1 unspecified atom stereocenters. The summed E-state index contributed by atoms with van der Waals surface area (Å²) in [4.78, 5) is 25.6. The second-order valence-corrected chi connectivity index (χ2v) is 10.3. The van der Waals surface area contributed by atoms with E-state index < -0.39 is 11.8 Å². The lowest BCUT2D eigenvalue weighted by Gasteiger charge is -2.18. The Kier molecular flexibility index (Phi) is 7.21. The number of carbonyl (C=O) groups excluding carboxylic acids is 2. The van der Waals surface area contributed by atoms with E-state index in [2.05, 4.69) is 17.6 Å². The molecule has 0 saturated carbocycles. The summed E-state index contributed by atoms with van der Waals surface area (Å²) in [7, 11) is 0. The van der Waals surface area contributed by atoms with Gasteiger partial charge in [-0.1, -0.05) is 30.7 Å². The van der Waals surface area contributed by atoms with Gasteiger partial charge in [0.1, 0.15) is 16.5 Å². The smallest absolute Gasteiger partial charge is 0.251 e. The molecule has 0 radical (unpaired) electrons. The van der Waals surface area contributed by atoms with Gasteiger partial charge in [0.05, 0.1) is 5.56 Å². The highest BCUT2D eigenvalue weighted by molar-refractivity contribution is 7.80. The first-order chi connectivity index (χ1) is 16.2. The number of thiophene rings is 1. The highest BCUT2D eigenvalue weighted by Gasteiger charge is 2.26. The number of fused-ring (bicyclic) bond motifs is 1. The van der Waals surface area contributed by atoms with Crippen molar-refractivity contribution in [1.82, 2.24) is 5.32 Å². The van der Waals surface area contributed by atoms with Crippen molar-refractivity contribution < 1.29 is 14.0 Å². The molecule has 4 N–H and O–H groups in total. The molecule has 4 rings (SSSR count). The zero-order valence-electron chi connectivity index (χ0n) is 18.7. The van der Waals surface area contributed by atoms with Crippen LogP contribution in [0.2, 0.25) is 5.02 Å². The first-order valence-electron chi connectivity index (χ1n) is 10.8. The fraction of sp³-hybridized carbons (Fsp3) is 0.240. The number of rotatable bonds is 5. The van der Waals surface area contributed by atoms with Crippen molar-refractivity contribution in [3.63, 3.8) is 0 Å². The molecular weight excluding hydrogens is 490 g/mol. The number of hydrogen-bond acceptors (Lipinski definition) is 5. The average molecular weight is 514 g/mol. The lowest BCUT2D eigenvalue weighted by Crippen LogP contribution is -2.33. The van der Waals surface area contributed by atoms with Crippen LogP contribution < -0.4 is 16.4 Å². The lowest BCUT2D eigenvalue weighted by molar-refractivity contribution is -0.115. The number of nitrogens with one attached hydrogen (secondary N) is 2. The molecule has 176 valence electrons. The second kappa shape index (κ2) is 10.1. The first kappa shape index (κ1) is 24.2. The van der Waals surface area contributed by atoms with Crippen molar-refractivity contribution in [2.75, 3.05) is 5.32 Å². The van der Waals surface area contributed by atoms with Gasteiger partial charge in [0.2, 0.25) is 5.91 Å². The average Bonchev–Trinajstić information content (AvgIpc) is 3.38. The second-order valence-electron chi connectivity index (χ2n) is 8.36. The van der Waals surface area contributed by atoms with Gasteiger partial charge in [0.25, 0.3) is 5.91 Å². The molecule has 0 aliphatic heterocycles. The van der Waals surface area contributed by atoms with Crippen LogP contribution in [0.4, 0.5) is 5.00 Å². The summed E-state index contributed by atoms with van der Waals surface area (Å²) in [6.45, 7) is 4.12. The molecule has 6 nitrogen and oxygen atoms in total. The van der Waals surface area contributed by atoms with E-state index in [1.54, 1.807) is 12.1 Å². The van der Waals surface area contributed by atoms with Crippen LogP contribution in [0.25, 0.3) is 17.4 Å². The molecule has 1 aromatic carbocycles. The van der Waals surface area contributed by atoms with Crippen molar-refractivity contribution in [3.05, 3.63) is 68.8 Å². The lowest BCUT2D eigenvalue weighted by atomic mass is 9.88. The summed E-state index contributed by atoms with van der Waals surface area (Å²) in [6.07, 6.45) is 5.62. The topological polar surface area (TPSA) is 97.4 Å². The highest BCUT2D eigenvalue weighted by atomic mass is 35.5. The van der Waals surface area contributed by atoms with E-state index in [0.717, 1.165) is 40.8 Å². The van der Waals surface area contributed by atoms with Crippen LogP contribution in [0.3, 0.4) is 0 Å². The van der Waals surface area contributed by atoms with Crippen molar-refractivity contribution >= 4 is 63.2 Å². The van der Waals surface area contributed by atoms with Gasteiger partial charge >= 0.3 is 0 Å². The van der Waals surface area contributed by atoms with Gasteiger partial charge in [-0.15, -0.1) is 11.3 Å². The predicted octanol–water partition coefficient (Wildman–Crippen LogP) is 5.72. The van der Waals surface area contributed by atoms with E-state index in [-0.39, 0.29) is 5.11 Å². The fourth-order valence-corrected chi connectivity index (χ4v) is 5.76. The normalized spacial score (nSPS) is 15.2. The first-order valence-corrected chi connectivity index (χ1v) is 12.4. The minimum absolute atomic E-state index is 0.0956. The Morgan fingerprint density at radius 2 is 2.09 bits per heavy atom. The number of anilines is 1. The summed E-state index contributed by atoms with van der Waals surface area (Å²) >= 11 is 12.9. The van der Waals surface area contributed by atoms with Gasteiger partial charge in [0, 0.05) is 21.5 Å². The Balaban J connectivity index is 1.39. The summed E-state index contributed by atoms with van der Waals surface area (Å²) in [6, 6.07) is 9.26. The van der Waals surface area contributed by atoms with Gasteiger partial charge in [-0.05, 0) is 79.7 Å². The van der Waals surface area contributed by atoms with Gasteiger partial charge < -0.3 is 15.5 Å². The van der Waals surface area contributed by atoms with Gasteiger partial charge in [-0.2, -0.15) is 0 Å². The van der Waals surface area contributed by atoms with Crippen molar-refractivity contribution in [1.29, 1.82) is 0 Å². The fourth-order valence-electron chi connectivity index (χ4n) is 3.89. The molecule has 1 aliphatic carbocycles. The molecule has 9 heteroatoms. The quantitative estimate of drug-likeness (QED) is 0.299. The Hall–Kier alpha value is -2.94. The zero-order valence-corrected chi connectivity index (χ0v) is 21.1. The Morgan fingerprint density at radius 1 is 1.29 bits per heavy atom. The molecular formula is C25H24ClN3O3S2. The number of benzene rings is 1. The molecule has 0 fully saturated rings. The molecule has 0 bridgehead atoms. The Labute approximate surface area is 212 Å². The van der Waals surface area contributed by atoms with Gasteiger partial charge in [0.15, 0.2) is 5.11 Å². The van der Waals surface area contributed by atoms with Crippen LogP contribution in [0.5, 0.6) is 0 Å². The summed E-state index contributed by atoms with van der Waals surface area (Å²) in [5, 5.41) is 6.90. The Bertz CT molecular complexity index is 1310. The number of halogens is 1. The molecule has 34 heavy (non-hydrogen) atoms. The summed E-state index contributed by atoms with van der Waals surface area (Å²) < 4.78 is 5.79. The maximum absolute atomic E-state index is 12.4. The van der Waals surface area contributed by atoms with Crippen LogP contribution in [0, 0.1) is 12.8 Å². The van der Waals surface area contributed by atoms with Crippen LogP contribution in [-0.2, 0) is 17.6 Å². The molecule has 2 heterocycles. The number of aryl methyl sites for hydroxylation is 1. The van der Waals surface area contributed by atoms with E-state index in [9.17, 15) is 9.59 Å². The van der Waals surface area contributed by atoms with E-state index in [1.807, 2.05) is 31.2 Å². The Morgan fingerprint density at radius 3 is 2.82 bits per heavy atom. The maximum atomic E-state index is 12.4. The highest BCUT2D eigenvalue weighted by Crippen LogP contribution is 2.39. The van der Waals surface area contributed by atoms with Crippen LogP contribution >= 0.6 is 35.2 Å². The van der Waals surface area contributed by atoms with Crippen molar-refractivity contribution in [2.45, 2.75) is 33.1 Å². The van der Waals surface area contributed by atoms with E-state index in [4.69, 9.17) is 34.0 Å². The standard InChI is InChI=1S/C25H24ClN3O3S2/c1-13-3-8-17-20(11-13)34-24(22(17)23(27)31)29-25(33)28-21(30)10-7-16-6-9-19(32-16)15-5-4-14(2)18(26)12-15/h4-7,9-10,12-13H,3,8,11H2,1-2H3,(H2,27,31)(H2,28,29,30,33)/b10-7+. The SMILES string of the molecule is Cc1ccc(-c2ccc(/C=C/C(=O)NC(=S)Nc3sc4c(c3C(N)=O)CCC(C)C4)o2)cc1Cl. The number of carbonyl (C=O) groups is 2. The number of thiocarbonyl (C=S) groups is 1. The van der Waals surface area contributed by atoms with Gasteiger partial charge in [-0.25, -0.2) is 0 Å². The molecule has 2 amide bonds. The molecule has 0 saturated heterocycles. The molecule has 2 aromatic heterocycles. The third kappa shape index (κ3) is 5.41. The van der Waals surface area contributed by atoms with Gasteiger partial charge in [-0.3, -0.25) is 14.9 Å². The van der Waals surface area contributed by atoms with Crippen molar-refractivity contribution in [2.24, 2.45) is 11.7 Å². The number of amides is 2. The van der Waals surface area contributed by atoms with Crippen LogP contribution in [0.15, 0.2) is 40.8 Å². The third-order valence-corrected chi connectivity index (χ3v) is 7.49. The van der Waals surface area contributed by atoms with Crippen molar-refractivity contribution in [3.8, 4) is 11.3 Å². The summed E-state index contributed by atoms with van der Waals surface area (Å²) in [5.74, 6) is 0.795. The van der Waals surface area contributed by atoms with E-state index in [0.29, 0.717) is 33.0 Å². The molecule has 0 spiro atoms. The predicted molar refractivity (Wildman–Crippen MR) is 141 cm³/mol. The third-order valence-electron chi connectivity index (χ3n) is 5.70. The largest absolute Gasteiger partial charge is 0.457 e. The zero-order chi connectivity index (χ0) is 24.4. The minimum atomic E-state index is -0.493. The number of furan rings is 1. The number of nitrogens with two attached hydrogens (primary N) is 1. The maximum Gasteiger partial charge on any atom is 0.251 e. The molecule has 1 atom stereocenters. The monoisotopic (exact) mass is 513 g/mol. The molecule has 3 aromatic rings. The summed E-state index contributed by atoms with van der Waals surface area (Å²) in [5.41, 5.74) is 8.94. The van der Waals surface area contributed by atoms with E-state index >= 15 is 0 Å². The minimum Gasteiger partial charge on any atom is -0.457 e.